The van der Waals surface area contributed by atoms with Crippen LogP contribution in [0.4, 0.5) is 0 Å². The molecule has 0 radical (unpaired) electrons. The molecular formula is C30H40S6. The maximum absolute atomic E-state index is 2.33. The summed E-state index contributed by atoms with van der Waals surface area (Å²) in [6.45, 7) is 9.20. The van der Waals surface area contributed by atoms with Crippen LogP contribution < -0.4 is 0 Å². The summed E-state index contributed by atoms with van der Waals surface area (Å²) < 4.78 is 5.98. The molecule has 1 aromatic rings. The third kappa shape index (κ3) is 8.39. The van der Waals surface area contributed by atoms with Gasteiger partial charge in [0.05, 0.1) is 16.9 Å². The summed E-state index contributed by atoms with van der Waals surface area (Å²) in [5.41, 5.74) is 5.53. The SMILES string of the molecule is CC1=C2SCCCCCCCCCCCCSC3=C(C)S/C(=C(/C)c4ccc(cc4)/C(C)=C(/S1)S2)S3. The number of fused-ring (bicyclic) bond motifs is 15. The lowest BCUT2D eigenvalue weighted by Crippen LogP contribution is -1.86. The van der Waals surface area contributed by atoms with Crippen molar-refractivity contribution in [1.29, 1.82) is 0 Å². The van der Waals surface area contributed by atoms with Crippen molar-refractivity contribution in [3.8, 4) is 0 Å². The fourth-order valence-corrected chi connectivity index (χ4v) is 12.8. The Bertz CT molecular complexity index is 945. The van der Waals surface area contributed by atoms with Gasteiger partial charge in [0, 0.05) is 9.81 Å². The summed E-state index contributed by atoms with van der Waals surface area (Å²) in [5, 5.41) is 0. The summed E-state index contributed by atoms with van der Waals surface area (Å²) in [5.74, 6) is 2.53. The summed E-state index contributed by atoms with van der Waals surface area (Å²) in [6, 6.07) is 9.31. The van der Waals surface area contributed by atoms with Gasteiger partial charge < -0.3 is 0 Å². The molecule has 1 aromatic carbocycles. The molecule has 4 aliphatic heterocycles. The lowest BCUT2D eigenvalue weighted by Gasteiger charge is -2.10. The molecule has 4 heterocycles. The van der Waals surface area contributed by atoms with Crippen molar-refractivity contribution >= 4 is 81.7 Å². The van der Waals surface area contributed by atoms with E-state index in [2.05, 4.69) is 75.5 Å². The van der Waals surface area contributed by atoms with E-state index in [1.54, 1.807) is 0 Å². The highest BCUT2D eigenvalue weighted by Crippen LogP contribution is 2.57. The van der Waals surface area contributed by atoms with Crippen molar-refractivity contribution in [2.45, 2.75) is 91.9 Å². The maximum atomic E-state index is 2.33. The highest BCUT2D eigenvalue weighted by Gasteiger charge is 2.22. The third-order valence-corrected chi connectivity index (χ3v) is 15.6. The highest BCUT2D eigenvalue weighted by molar-refractivity contribution is 8.36. The molecule has 0 N–H and O–H groups in total. The Morgan fingerprint density at radius 3 is 1.11 bits per heavy atom. The summed E-state index contributed by atoms with van der Waals surface area (Å²) >= 11 is 12.1. The van der Waals surface area contributed by atoms with Gasteiger partial charge in [0.2, 0.25) is 0 Å². The molecule has 6 bridgehead atoms. The average molecular weight is 593 g/mol. The van der Waals surface area contributed by atoms with Gasteiger partial charge in [0.1, 0.15) is 0 Å². The van der Waals surface area contributed by atoms with Crippen molar-refractivity contribution in [1.82, 2.24) is 0 Å². The van der Waals surface area contributed by atoms with Gasteiger partial charge >= 0.3 is 0 Å². The molecule has 0 saturated carbocycles. The Kier molecular flexibility index (Phi) is 12.3. The first kappa shape index (κ1) is 29.3. The first-order valence-electron chi connectivity index (χ1n) is 13.4. The number of hydrogen-bond donors (Lipinski definition) is 0. The van der Waals surface area contributed by atoms with Gasteiger partial charge in [0.25, 0.3) is 0 Å². The van der Waals surface area contributed by atoms with Gasteiger partial charge in [0.15, 0.2) is 0 Å². The fraction of sp³-hybridized carbons (Fsp3) is 0.533. The molecule has 0 aromatic heterocycles. The predicted octanol–water partition coefficient (Wildman–Crippen LogP) is 12.8. The van der Waals surface area contributed by atoms with Crippen molar-refractivity contribution in [3.63, 3.8) is 0 Å². The third-order valence-electron chi connectivity index (χ3n) is 6.81. The van der Waals surface area contributed by atoms with E-state index >= 15 is 0 Å². The summed E-state index contributed by atoms with van der Waals surface area (Å²) in [6.07, 6.45) is 14.0. The number of thioether (sulfide) groups is 6. The summed E-state index contributed by atoms with van der Waals surface area (Å²) in [4.78, 5) is 2.97. The van der Waals surface area contributed by atoms with Crippen LogP contribution >= 0.6 is 70.6 Å². The van der Waals surface area contributed by atoms with E-state index in [-0.39, 0.29) is 0 Å². The van der Waals surface area contributed by atoms with E-state index in [0.29, 0.717) is 0 Å². The van der Waals surface area contributed by atoms with E-state index in [0.717, 1.165) is 0 Å². The molecular weight excluding hydrogens is 553 g/mol. The maximum Gasteiger partial charge on any atom is 0.0551 e. The minimum atomic E-state index is 1.26. The average Bonchev–Trinajstić information content (AvgIpc) is 3.44. The van der Waals surface area contributed by atoms with Crippen LogP contribution in [0.15, 0.2) is 51.0 Å². The zero-order valence-corrected chi connectivity index (χ0v) is 27.1. The van der Waals surface area contributed by atoms with Crippen LogP contribution in [0, 0.1) is 0 Å². The molecule has 196 valence electrons. The van der Waals surface area contributed by atoms with Crippen LogP contribution in [-0.4, -0.2) is 11.5 Å². The second-order valence-electron chi connectivity index (χ2n) is 9.73. The standard InChI is InChI=1S/C30H40S6/c1-21-25-15-17-26(18-16-25)22(2)28-34-24(4)30(36-28)32-20-14-12-10-8-6-5-7-9-11-13-19-31-29-23(3)33-27(21)35-29/h15-18H,5-14,19-20H2,1-4H3/b27-21-,28-22+. The molecule has 0 nitrogen and oxygen atoms in total. The number of benzene rings is 1. The Hall–Kier alpha value is 0.280. The minimum Gasteiger partial charge on any atom is -0.118 e. The second kappa shape index (κ2) is 15.2. The van der Waals surface area contributed by atoms with E-state index in [4.69, 9.17) is 0 Å². The number of hydrogen-bond acceptors (Lipinski definition) is 6. The van der Waals surface area contributed by atoms with Crippen LogP contribution in [0.5, 0.6) is 0 Å². The lowest BCUT2D eigenvalue weighted by atomic mass is 10.0. The van der Waals surface area contributed by atoms with Gasteiger partial charge in [-0.05, 0) is 74.3 Å². The van der Waals surface area contributed by atoms with Crippen molar-refractivity contribution in [2.24, 2.45) is 0 Å². The van der Waals surface area contributed by atoms with Gasteiger partial charge in [-0.1, -0.05) is 123 Å². The molecule has 0 amide bonds. The summed E-state index contributed by atoms with van der Waals surface area (Å²) in [7, 11) is 0. The fourth-order valence-electron chi connectivity index (χ4n) is 4.44. The van der Waals surface area contributed by atoms with Crippen LogP contribution in [0.25, 0.3) is 11.1 Å². The first-order chi connectivity index (χ1) is 17.5. The minimum absolute atomic E-state index is 1.26. The Balaban J connectivity index is 1.45. The molecule has 0 saturated heterocycles. The van der Waals surface area contributed by atoms with Crippen LogP contribution in [0.1, 0.15) is 103 Å². The van der Waals surface area contributed by atoms with Crippen molar-refractivity contribution in [3.05, 3.63) is 62.2 Å². The molecule has 6 heteroatoms. The monoisotopic (exact) mass is 592 g/mol. The smallest absolute Gasteiger partial charge is 0.0551 e. The first-order valence-corrected chi connectivity index (χ1v) is 18.7. The molecule has 0 fully saturated rings. The van der Waals surface area contributed by atoms with E-state index < -0.39 is 0 Å². The predicted molar refractivity (Wildman–Crippen MR) is 178 cm³/mol. The van der Waals surface area contributed by atoms with E-state index in [1.807, 2.05) is 47.0 Å². The zero-order valence-electron chi connectivity index (χ0n) is 22.2. The molecule has 5 rings (SSSR count). The molecule has 4 aliphatic rings. The number of rotatable bonds is 0. The second-order valence-corrected chi connectivity index (χ2v) is 17.5. The number of allylic oxidation sites excluding steroid dienone is 4. The molecule has 0 unspecified atom stereocenters. The molecule has 0 spiro atoms. The van der Waals surface area contributed by atoms with E-state index in [9.17, 15) is 0 Å². The van der Waals surface area contributed by atoms with Crippen molar-refractivity contribution < 1.29 is 0 Å². The topological polar surface area (TPSA) is 0 Å². The van der Waals surface area contributed by atoms with Crippen LogP contribution in [-0.2, 0) is 0 Å². The quantitative estimate of drug-likeness (QED) is 0.292. The van der Waals surface area contributed by atoms with Crippen LogP contribution in [0.2, 0.25) is 0 Å². The van der Waals surface area contributed by atoms with Gasteiger partial charge in [-0.3, -0.25) is 0 Å². The van der Waals surface area contributed by atoms with Gasteiger partial charge in [-0.15, -0.1) is 23.5 Å². The molecule has 0 aliphatic carbocycles. The normalized spacial score (nSPS) is 26.2. The largest absolute Gasteiger partial charge is 0.118 e. The lowest BCUT2D eigenvalue weighted by molar-refractivity contribution is 0.564. The van der Waals surface area contributed by atoms with Crippen LogP contribution in [0.3, 0.4) is 0 Å². The Morgan fingerprint density at radius 1 is 0.417 bits per heavy atom. The molecule has 0 atom stereocenters. The molecule has 36 heavy (non-hydrogen) atoms. The van der Waals surface area contributed by atoms with E-state index in [1.165, 1.54) is 125 Å². The Labute approximate surface area is 245 Å². The van der Waals surface area contributed by atoms with Crippen molar-refractivity contribution in [2.75, 3.05) is 11.5 Å². The Morgan fingerprint density at radius 2 is 0.750 bits per heavy atom. The highest BCUT2D eigenvalue weighted by atomic mass is 32.2. The zero-order chi connectivity index (χ0) is 25.3. The van der Waals surface area contributed by atoms with Gasteiger partial charge in [-0.2, -0.15) is 0 Å². The van der Waals surface area contributed by atoms with Gasteiger partial charge in [-0.25, -0.2) is 0 Å².